The maximum Gasteiger partial charge on any atom is 0.495 e. The Bertz CT molecular complexity index is 3120. The van der Waals surface area contributed by atoms with Crippen molar-refractivity contribution >= 4 is 55.6 Å². The van der Waals surface area contributed by atoms with E-state index in [-0.39, 0.29) is 42.5 Å². The normalized spacial score (nSPS) is 15.6. The highest BCUT2D eigenvalue weighted by Gasteiger charge is 2.53. The molecule has 0 unspecified atom stereocenters. The third kappa shape index (κ3) is 11.8. The van der Waals surface area contributed by atoms with Gasteiger partial charge in [0.2, 0.25) is 17.6 Å². The third-order valence-electron chi connectivity index (χ3n) is 15.2. The molecule has 0 saturated carbocycles. The first kappa shape index (κ1) is 57.7. The van der Waals surface area contributed by atoms with Gasteiger partial charge < -0.3 is 32.8 Å². The fourth-order valence-corrected chi connectivity index (χ4v) is 9.28. The zero-order valence-electron chi connectivity index (χ0n) is 46.6. The number of carbonyl (C=O) groups excluding carboxylic acids is 3. The SMILES string of the molecule is COc1nc(-c2cccc(-c3cccc(-c4ccc(C=O)c(OC)n4)c3C)c2C)ccc1C=O.COc1nc(Cl)ccc1C=O.Cc1c(B2OC(C)(C)C(C)(C)O2)cccc1-c1cccc(B2OC(C)(C)C(C)(C)O2)c1C. The van der Waals surface area contributed by atoms with Crippen LogP contribution in [0.1, 0.15) is 109 Å². The molecule has 0 bridgehead atoms. The average Bonchev–Trinajstić information content (AvgIpc) is 3.82. The maximum absolute atomic E-state index is 11.3. The van der Waals surface area contributed by atoms with Gasteiger partial charge in [0, 0.05) is 11.1 Å². The smallest absolute Gasteiger partial charge is 0.480 e. The van der Waals surface area contributed by atoms with E-state index >= 15 is 0 Å². The highest BCUT2D eigenvalue weighted by Crippen LogP contribution is 2.40. The van der Waals surface area contributed by atoms with E-state index in [4.69, 9.17) is 44.4 Å². The van der Waals surface area contributed by atoms with Crippen molar-refractivity contribution < 1.29 is 47.2 Å². The van der Waals surface area contributed by atoms with E-state index in [2.05, 4.69) is 147 Å². The molecular formula is C61H66B2ClN3O10. The van der Waals surface area contributed by atoms with E-state index in [0.29, 0.717) is 39.9 Å². The molecule has 2 aliphatic rings. The van der Waals surface area contributed by atoms with Crippen LogP contribution >= 0.6 is 11.6 Å². The number of hydrogen-bond donors (Lipinski definition) is 0. The van der Waals surface area contributed by atoms with E-state index in [1.807, 2.05) is 36.4 Å². The first-order valence-electron chi connectivity index (χ1n) is 25.2. The van der Waals surface area contributed by atoms with Gasteiger partial charge in [-0.2, -0.15) is 0 Å². The molecule has 5 heterocycles. The first-order chi connectivity index (χ1) is 36.5. The predicted octanol–water partition coefficient (Wildman–Crippen LogP) is 11.9. The summed E-state index contributed by atoms with van der Waals surface area (Å²) < 4.78 is 40.7. The van der Waals surface area contributed by atoms with Crippen molar-refractivity contribution in [1.29, 1.82) is 0 Å². The number of rotatable bonds is 12. The fraction of sp³-hybridized carbons (Fsp3) is 0.311. The van der Waals surface area contributed by atoms with Gasteiger partial charge in [-0.05, 0) is 175 Å². The van der Waals surface area contributed by atoms with Gasteiger partial charge in [0.1, 0.15) is 5.15 Å². The van der Waals surface area contributed by atoms with Gasteiger partial charge in [0.15, 0.2) is 18.9 Å². The van der Waals surface area contributed by atoms with Crippen LogP contribution in [-0.2, 0) is 18.6 Å². The number of ether oxygens (including phenoxy) is 3. The molecule has 4 aromatic carbocycles. The maximum atomic E-state index is 11.3. The zero-order chi connectivity index (χ0) is 56.2. The Morgan fingerprint density at radius 2 is 0.688 bits per heavy atom. The van der Waals surface area contributed by atoms with Crippen LogP contribution in [-0.4, -0.2) is 91.8 Å². The van der Waals surface area contributed by atoms with Gasteiger partial charge in [-0.1, -0.05) is 84.4 Å². The molecule has 0 radical (unpaired) electrons. The number of methoxy groups -OCH3 is 3. The highest BCUT2D eigenvalue weighted by atomic mass is 35.5. The van der Waals surface area contributed by atoms with Gasteiger partial charge in [-0.15, -0.1) is 0 Å². The molecule has 13 nitrogen and oxygen atoms in total. The summed E-state index contributed by atoms with van der Waals surface area (Å²) in [5, 5.41) is 0.312. The van der Waals surface area contributed by atoms with Crippen LogP contribution in [0.15, 0.2) is 109 Å². The van der Waals surface area contributed by atoms with E-state index in [1.54, 1.807) is 18.2 Å². The molecule has 7 aromatic rings. The summed E-state index contributed by atoms with van der Waals surface area (Å²) in [6.45, 7) is 25.1. The van der Waals surface area contributed by atoms with Crippen LogP contribution in [0.4, 0.5) is 0 Å². The van der Waals surface area contributed by atoms with Crippen LogP contribution in [0, 0.1) is 27.7 Å². The lowest BCUT2D eigenvalue weighted by molar-refractivity contribution is 0.00578. The minimum atomic E-state index is -0.383. The second-order valence-corrected chi connectivity index (χ2v) is 21.2. The van der Waals surface area contributed by atoms with E-state index in [9.17, 15) is 14.4 Å². The van der Waals surface area contributed by atoms with Crippen molar-refractivity contribution in [2.45, 2.75) is 105 Å². The second-order valence-electron chi connectivity index (χ2n) is 20.8. The Kier molecular flexibility index (Phi) is 17.5. The van der Waals surface area contributed by atoms with Crippen LogP contribution in [0.3, 0.4) is 0 Å². The van der Waals surface area contributed by atoms with E-state index in [1.165, 1.54) is 49.6 Å². The van der Waals surface area contributed by atoms with E-state index in [0.717, 1.165) is 68.3 Å². The minimum Gasteiger partial charge on any atom is -0.480 e. The molecule has 16 heteroatoms. The second kappa shape index (κ2) is 23.3. The number of hydrogen-bond acceptors (Lipinski definition) is 13. The van der Waals surface area contributed by atoms with Crippen LogP contribution in [0.5, 0.6) is 17.6 Å². The van der Waals surface area contributed by atoms with Crippen molar-refractivity contribution in [3.8, 4) is 62.4 Å². The van der Waals surface area contributed by atoms with Crippen LogP contribution < -0.4 is 25.1 Å². The largest absolute Gasteiger partial charge is 0.495 e. The summed E-state index contributed by atoms with van der Waals surface area (Å²) in [5.74, 6) is 0.857. The van der Waals surface area contributed by atoms with Crippen molar-refractivity contribution in [3.05, 3.63) is 153 Å². The molecule has 0 N–H and O–H groups in total. The summed E-state index contributed by atoms with van der Waals surface area (Å²) in [6.07, 6.45) is 2.14. The lowest BCUT2D eigenvalue weighted by Crippen LogP contribution is -2.41. The molecule has 9 rings (SSSR count). The van der Waals surface area contributed by atoms with Crippen LogP contribution in [0.25, 0.3) is 44.8 Å². The van der Waals surface area contributed by atoms with E-state index < -0.39 is 0 Å². The monoisotopic (exact) mass is 1060 g/mol. The molecule has 2 aliphatic heterocycles. The molecule has 0 atom stereocenters. The summed E-state index contributed by atoms with van der Waals surface area (Å²) in [7, 11) is 3.67. The molecule has 77 heavy (non-hydrogen) atoms. The van der Waals surface area contributed by atoms with Crippen molar-refractivity contribution in [3.63, 3.8) is 0 Å². The summed E-state index contributed by atoms with van der Waals surface area (Å²) >= 11 is 5.55. The molecule has 0 aliphatic carbocycles. The summed E-state index contributed by atoms with van der Waals surface area (Å²) in [5.41, 5.74) is 14.2. The minimum absolute atomic E-state index is 0.257. The topological polar surface area (TPSA) is 154 Å². The number of pyridine rings is 3. The lowest BCUT2D eigenvalue weighted by atomic mass is 9.72. The standard InChI is InChI=1S/C28H24N2O4.C26H36B2O4.C7H6ClNO2/c1-17-21(7-5-9-23(17)25-13-11-19(15-31)27(29-25)33-3)22-8-6-10-24(18(22)2)26-14-12-20(16-32)28(30-26)34-4;1-17-19(13-11-15-21(17)27-29-23(3,4)24(5,6)30-27)20-14-12-16-22(18(20)2)28-31-25(7,8)26(9,10)32-28;1-11-7-5(4-10)2-3-6(8)9-7/h5-16H,1-4H3;11-16H,1-10H3;2-4H,1H3. The molecule has 2 saturated heterocycles. The number of halogens is 1. The quantitative estimate of drug-likeness (QED) is 0.0648. The Balaban J connectivity index is 0.000000187. The van der Waals surface area contributed by atoms with Gasteiger partial charge in [-0.3, -0.25) is 14.4 Å². The summed E-state index contributed by atoms with van der Waals surface area (Å²) in [4.78, 5) is 45.7. The van der Waals surface area contributed by atoms with Crippen molar-refractivity contribution in [1.82, 2.24) is 15.0 Å². The predicted molar refractivity (Wildman–Crippen MR) is 306 cm³/mol. The molecular weight excluding hydrogens is 992 g/mol. The van der Waals surface area contributed by atoms with Gasteiger partial charge in [-0.25, -0.2) is 15.0 Å². The first-order valence-corrected chi connectivity index (χ1v) is 25.6. The van der Waals surface area contributed by atoms with Gasteiger partial charge in [0.25, 0.3) is 0 Å². The van der Waals surface area contributed by atoms with Crippen molar-refractivity contribution in [2.75, 3.05) is 21.3 Å². The Hall–Kier alpha value is -7.00. The summed E-state index contributed by atoms with van der Waals surface area (Å²) in [6, 6.07) is 35.0. The Morgan fingerprint density at radius 3 is 1.01 bits per heavy atom. The number of nitrogens with zero attached hydrogens (tertiary/aromatic N) is 3. The fourth-order valence-electron chi connectivity index (χ4n) is 9.14. The number of aldehydes is 3. The lowest BCUT2D eigenvalue weighted by Gasteiger charge is -2.32. The van der Waals surface area contributed by atoms with Gasteiger partial charge >= 0.3 is 14.2 Å². The Morgan fingerprint density at radius 1 is 0.403 bits per heavy atom. The van der Waals surface area contributed by atoms with Crippen molar-refractivity contribution in [2.24, 2.45) is 0 Å². The molecule has 398 valence electrons. The molecule has 3 aromatic heterocycles. The van der Waals surface area contributed by atoms with Crippen LogP contribution in [0.2, 0.25) is 5.15 Å². The average molecular weight is 1060 g/mol. The third-order valence-corrected chi connectivity index (χ3v) is 15.4. The number of carbonyl (C=O) groups is 3. The Labute approximate surface area is 458 Å². The molecule has 2 fully saturated rings. The van der Waals surface area contributed by atoms with Gasteiger partial charge in [0.05, 0.1) is 71.8 Å². The number of aromatic nitrogens is 3. The molecule has 0 amide bonds. The zero-order valence-corrected chi connectivity index (χ0v) is 47.3. The molecule has 0 spiro atoms. The highest BCUT2D eigenvalue weighted by molar-refractivity contribution is 6.63. The number of benzene rings is 4.